The van der Waals surface area contributed by atoms with Gasteiger partial charge in [-0.3, -0.25) is 9.59 Å². The molecule has 0 aliphatic carbocycles. The molecule has 0 fully saturated rings. The second kappa shape index (κ2) is 7.49. The third-order valence-electron chi connectivity index (χ3n) is 4.52. The summed E-state index contributed by atoms with van der Waals surface area (Å²) in [6.45, 7) is 1.94. The van der Waals surface area contributed by atoms with Crippen LogP contribution in [0.15, 0.2) is 48.5 Å². The van der Waals surface area contributed by atoms with E-state index in [1.165, 1.54) is 0 Å². The molecule has 130 valence electrons. The zero-order valence-corrected chi connectivity index (χ0v) is 14.3. The van der Waals surface area contributed by atoms with Gasteiger partial charge in [0, 0.05) is 12.1 Å². The molecule has 2 amide bonds. The van der Waals surface area contributed by atoms with Crippen LogP contribution in [-0.2, 0) is 22.4 Å². The van der Waals surface area contributed by atoms with E-state index in [0.29, 0.717) is 12.8 Å². The molecule has 3 rings (SSSR count). The van der Waals surface area contributed by atoms with Crippen LogP contribution in [0.1, 0.15) is 36.1 Å². The van der Waals surface area contributed by atoms with Crippen molar-refractivity contribution in [2.75, 3.05) is 5.32 Å². The Balaban J connectivity index is 1.62. The summed E-state index contributed by atoms with van der Waals surface area (Å²) in [7, 11) is 0. The molecule has 2 unspecified atom stereocenters. The van der Waals surface area contributed by atoms with Gasteiger partial charge in [0.2, 0.25) is 11.8 Å². The van der Waals surface area contributed by atoms with E-state index in [0.717, 1.165) is 28.8 Å². The molecule has 0 radical (unpaired) electrons. The first-order valence-electron chi connectivity index (χ1n) is 8.55. The number of aryl methyl sites for hydroxylation is 1. The minimum atomic E-state index is -0.582. The standard InChI is InChI=1S/C20H23N3O2/c1-13(15-7-9-18-16(12-15)8-10-19(24)23-18)22-20(25)17(21)11-14-5-3-2-4-6-14/h2-7,9,12-13,17H,8,10-11,21H2,1H3,(H,22,25)(H,23,24). The number of nitrogens with one attached hydrogen (secondary N) is 2. The zero-order valence-electron chi connectivity index (χ0n) is 14.3. The van der Waals surface area contributed by atoms with Crippen molar-refractivity contribution in [1.82, 2.24) is 5.32 Å². The number of nitrogens with two attached hydrogens (primary N) is 1. The van der Waals surface area contributed by atoms with Crippen molar-refractivity contribution in [3.05, 3.63) is 65.2 Å². The van der Waals surface area contributed by atoms with Gasteiger partial charge in [-0.1, -0.05) is 42.5 Å². The molecule has 2 aromatic rings. The lowest BCUT2D eigenvalue weighted by Gasteiger charge is -2.21. The molecule has 4 N–H and O–H groups in total. The number of hydrogen-bond acceptors (Lipinski definition) is 3. The van der Waals surface area contributed by atoms with Crippen LogP contribution in [0.25, 0.3) is 0 Å². The highest BCUT2D eigenvalue weighted by Crippen LogP contribution is 2.26. The Kier molecular flexibility index (Phi) is 5.14. The number of carbonyl (C=O) groups excluding carboxylic acids is 2. The van der Waals surface area contributed by atoms with Crippen molar-refractivity contribution in [1.29, 1.82) is 0 Å². The summed E-state index contributed by atoms with van der Waals surface area (Å²) < 4.78 is 0. The molecule has 1 heterocycles. The van der Waals surface area contributed by atoms with E-state index in [1.807, 2.05) is 55.5 Å². The predicted molar refractivity (Wildman–Crippen MR) is 98.1 cm³/mol. The monoisotopic (exact) mass is 337 g/mol. The lowest BCUT2D eigenvalue weighted by molar-refractivity contribution is -0.123. The number of carbonyl (C=O) groups is 2. The van der Waals surface area contributed by atoms with Crippen molar-refractivity contribution in [3.63, 3.8) is 0 Å². The minimum Gasteiger partial charge on any atom is -0.348 e. The second-order valence-electron chi connectivity index (χ2n) is 6.49. The van der Waals surface area contributed by atoms with Gasteiger partial charge in [0.25, 0.3) is 0 Å². The fourth-order valence-electron chi connectivity index (χ4n) is 3.04. The Morgan fingerprint density at radius 2 is 1.96 bits per heavy atom. The summed E-state index contributed by atoms with van der Waals surface area (Å²) >= 11 is 0. The van der Waals surface area contributed by atoms with Crippen LogP contribution in [0.3, 0.4) is 0 Å². The smallest absolute Gasteiger partial charge is 0.237 e. The highest BCUT2D eigenvalue weighted by molar-refractivity contribution is 5.93. The molecule has 0 aromatic heterocycles. The van der Waals surface area contributed by atoms with E-state index in [4.69, 9.17) is 5.73 Å². The summed E-state index contributed by atoms with van der Waals surface area (Å²) in [5.41, 5.74) is 10.1. The van der Waals surface area contributed by atoms with Gasteiger partial charge in [-0.25, -0.2) is 0 Å². The molecule has 0 saturated carbocycles. The van der Waals surface area contributed by atoms with E-state index in [2.05, 4.69) is 10.6 Å². The molecule has 5 nitrogen and oxygen atoms in total. The average molecular weight is 337 g/mol. The number of hydrogen-bond donors (Lipinski definition) is 3. The second-order valence-corrected chi connectivity index (χ2v) is 6.49. The summed E-state index contributed by atoms with van der Waals surface area (Å²) in [6, 6.07) is 14.9. The Hall–Kier alpha value is -2.66. The molecule has 0 saturated heterocycles. The maximum Gasteiger partial charge on any atom is 0.237 e. The fraction of sp³-hybridized carbons (Fsp3) is 0.300. The van der Waals surface area contributed by atoms with E-state index in [9.17, 15) is 9.59 Å². The van der Waals surface area contributed by atoms with Crippen molar-refractivity contribution in [2.24, 2.45) is 5.73 Å². The summed E-state index contributed by atoms with van der Waals surface area (Å²) in [6.07, 6.45) is 1.73. The molecule has 5 heteroatoms. The predicted octanol–water partition coefficient (Wildman–Crippen LogP) is 2.32. The quantitative estimate of drug-likeness (QED) is 0.783. The summed E-state index contributed by atoms with van der Waals surface area (Å²) in [5, 5.41) is 5.85. The van der Waals surface area contributed by atoms with Crippen LogP contribution < -0.4 is 16.4 Å². The Bertz CT molecular complexity index is 774. The maximum absolute atomic E-state index is 12.4. The fourth-order valence-corrected chi connectivity index (χ4v) is 3.04. The van der Waals surface area contributed by atoms with Crippen LogP contribution >= 0.6 is 0 Å². The topological polar surface area (TPSA) is 84.2 Å². The van der Waals surface area contributed by atoms with Crippen LogP contribution in [0.5, 0.6) is 0 Å². The van der Waals surface area contributed by atoms with Crippen molar-refractivity contribution in [3.8, 4) is 0 Å². The Morgan fingerprint density at radius 1 is 1.20 bits per heavy atom. The molecule has 1 aliphatic rings. The maximum atomic E-state index is 12.4. The van der Waals surface area contributed by atoms with E-state index < -0.39 is 6.04 Å². The third-order valence-corrected chi connectivity index (χ3v) is 4.52. The van der Waals surface area contributed by atoms with Crippen molar-refractivity contribution >= 4 is 17.5 Å². The van der Waals surface area contributed by atoms with Crippen LogP contribution in [-0.4, -0.2) is 17.9 Å². The minimum absolute atomic E-state index is 0.0495. The van der Waals surface area contributed by atoms with Gasteiger partial charge in [0.1, 0.15) is 0 Å². The number of benzene rings is 2. The molecule has 1 aliphatic heterocycles. The average Bonchev–Trinajstić information content (AvgIpc) is 2.62. The molecular weight excluding hydrogens is 314 g/mol. The molecule has 2 aromatic carbocycles. The molecule has 0 spiro atoms. The normalized spacial score (nSPS) is 15.7. The number of rotatable bonds is 5. The van der Waals surface area contributed by atoms with Gasteiger partial charge in [-0.2, -0.15) is 0 Å². The van der Waals surface area contributed by atoms with Gasteiger partial charge in [0.15, 0.2) is 0 Å². The highest BCUT2D eigenvalue weighted by Gasteiger charge is 2.19. The SMILES string of the molecule is CC(NC(=O)C(N)Cc1ccccc1)c1ccc2c(c1)CCC(=O)N2. The van der Waals surface area contributed by atoms with Crippen molar-refractivity contribution in [2.45, 2.75) is 38.3 Å². The van der Waals surface area contributed by atoms with Crippen molar-refractivity contribution < 1.29 is 9.59 Å². The lowest BCUT2D eigenvalue weighted by Crippen LogP contribution is -2.43. The Labute approximate surface area is 147 Å². The van der Waals surface area contributed by atoms with Crippen LogP contribution in [0, 0.1) is 0 Å². The molecule has 0 bridgehead atoms. The van der Waals surface area contributed by atoms with Gasteiger partial charge in [-0.05, 0) is 42.5 Å². The van der Waals surface area contributed by atoms with Gasteiger partial charge in [0.05, 0.1) is 12.1 Å². The summed E-state index contributed by atoms with van der Waals surface area (Å²) in [5.74, 6) is -0.115. The molecule has 2 atom stereocenters. The Morgan fingerprint density at radius 3 is 2.72 bits per heavy atom. The highest BCUT2D eigenvalue weighted by atomic mass is 16.2. The van der Waals surface area contributed by atoms with Gasteiger partial charge < -0.3 is 16.4 Å². The van der Waals surface area contributed by atoms with E-state index in [1.54, 1.807) is 0 Å². The van der Waals surface area contributed by atoms with Crippen LogP contribution in [0.4, 0.5) is 5.69 Å². The number of anilines is 1. The first kappa shape index (κ1) is 17.2. The number of fused-ring (bicyclic) bond motifs is 1. The first-order chi connectivity index (χ1) is 12.0. The lowest BCUT2D eigenvalue weighted by atomic mass is 9.97. The zero-order chi connectivity index (χ0) is 17.8. The van der Waals surface area contributed by atoms with Gasteiger partial charge in [-0.15, -0.1) is 0 Å². The third kappa shape index (κ3) is 4.25. The largest absolute Gasteiger partial charge is 0.348 e. The van der Waals surface area contributed by atoms with E-state index in [-0.39, 0.29) is 17.9 Å². The van der Waals surface area contributed by atoms with E-state index >= 15 is 0 Å². The molecule has 25 heavy (non-hydrogen) atoms. The molecular formula is C20H23N3O2. The number of amides is 2. The van der Waals surface area contributed by atoms with Gasteiger partial charge >= 0.3 is 0 Å². The summed E-state index contributed by atoms with van der Waals surface area (Å²) in [4.78, 5) is 23.8. The van der Waals surface area contributed by atoms with Crippen LogP contribution in [0.2, 0.25) is 0 Å². The first-order valence-corrected chi connectivity index (χ1v) is 8.55.